The van der Waals surface area contributed by atoms with Crippen LogP contribution in [-0.2, 0) is 6.54 Å². The summed E-state index contributed by atoms with van der Waals surface area (Å²) in [5, 5.41) is 8.94. The number of rotatable bonds is 2. The van der Waals surface area contributed by atoms with Crippen LogP contribution in [0.5, 0.6) is 0 Å². The van der Waals surface area contributed by atoms with E-state index in [1.807, 2.05) is 0 Å². The van der Waals surface area contributed by atoms with Crippen molar-refractivity contribution < 1.29 is 4.39 Å². The average Bonchev–Trinajstić information content (AvgIpc) is 2.72. The Morgan fingerprint density at radius 2 is 2.12 bits per heavy atom. The van der Waals surface area contributed by atoms with E-state index in [1.165, 1.54) is 6.07 Å². The van der Waals surface area contributed by atoms with Crippen molar-refractivity contribution in [2.24, 2.45) is 0 Å². The van der Waals surface area contributed by atoms with Gasteiger partial charge in [0.2, 0.25) is 0 Å². The Morgan fingerprint density at radius 1 is 1.31 bits per heavy atom. The van der Waals surface area contributed by atoms with Crippen LogP contribution in [0.15, 0.2) is 36.5 Å². The molecule has 1 aromatic carbocycles. The molecule has 0 radical (unpaired) electrons. The Balaban J connectivity index is 2.35. The van der Waals surface area contributed by atoms with E-state index in [1.54, 1.807) is 35.0 Å². The van der Waals surface area contributed by atoms with Crippen molar-refractivity contribution in [3.05, 3.63) is 58.6 Å². The van der Waals surface area contributed by atoms with Gasteiger partial charge in [-0.15, -0.1) is 0 Å². The maximum atomic E-state index is 13.2. The third kappa shape index (κ3) is 1.93. The zero-order valence-electron chi connectivity index (χ0n) is 8.32. The highest BCUT2D eigenvalue weighted by molar-refractivity contribution is 6.31. The molecule has 0 aliphatic carbocycles. The molecule has 2 aromatic rings. The fourth-order valence-corrected chi connectivity index (χ4v) is 1.69. The van der Waals surface area contributed by atoms with Crippen molar-refractivity contribution in [1.82, 2.24) is 4.57 Å². The smallest absolute Gasteiger partial charge is 0.142 e. The Hall–Kier alpha value is -1.79. The molecule has 1 heterocycles. The number of hydrogen-bond donors (Lipinski definition) is 0. The number of nitriles is 1. The first-order valence-electron chi connectivity index (χ1n) is 4.70. The van der Waals surface area contributed by atoms with Crippen molar-refractivity contribution in [3.8, 4) is 6.07 Å². The van der Waals surface area contributed by atoms with E-state index in [4.69, 9.17) is 16.9 Å². The van der Waals surface area contributed by atoms with E-state index < -0.39 is 5.82 Å². The molecular formula is C12H8ClFN2. The zero-order valence-corrected chi connectivity index (χ0v) is 9.08. The van der Waals surface area contributed by atoms with Gasteiger partial charge in [-0.1, -0.05) is 23.7 Å². The molecule has 0 saturated heterocycles. The first kappa shape index (κ1) is 10.7. The summed E-state index contributed by atoms with van der Waals surface area (Å²) in [5.41, 5.74) is 1.19. The predicted molar refractivity (Wildman–Crippen MR) is 59.7 cm³/mol. The van der Waals surface area contributed by atoms with Crippen molar-refractivity contribution in [2.45, 2.75) is 6.54 Å². The lowest BCUT2D eigenvalue weighted by Crippen LogP contribution is -2.01. The van der Waals surface area contributed by atoms with E-state index in [0.717, 1.165) is 0 Å². The van der Waals surface area contributed by atoms with Gasteiger partial charge in [0.05, 0.1) is 5.02 Å². The van der Waals surface area contributed by atoms with Crippen LogP contribution in [-0.4, -0.2) is 4.57 Å². The maximum Gasteiger partial charge on any atom is 0.142 e. The first-order valence-corrected chi connectivity index (χ1v) is 5.08. The number of aromatic nitrogens is 1. The predicted octanol–water partition coefficient (Wildman–Crippen LogP) is 3.20. The summed E-state index contributed by atoms with van der Waals surface area (Å²) in [4.78, 5) is 0. The molecule has 2 nitrogen and oxygen atoms in total. The van der Waals surface area contributed by atoms with Crippen LogP contribution < -0.4 is 0 Å². The van der Waals surface area contributed by atoms with Gasteiger partial charge in [-0.25, -0.2) is 4.39 Å². The Bertz CT molecular complexity index is 554. The molecule has 0 N–H and O–H groups in total. The van der Waals surface area contributed by atoms with Crippen molar-refractivity contribution in [1.29, 1.82) is 5.26 Å². The van der Waals surface area contributed by atoms with Crippen LogP contribution in [0.25, 0.3) is 0 Å². The van der Waals surface area contributed by atoms with Crippen LogP contribution in [0.3, 0.4) is 0 Å². The van der Waals surface area contributed by atoms with E-state index in [2.05, 4.69) is 6.07 Å². The maximum absolute atomic E-state index is 13.2. The number of nitrogens with zero attached hydrogens (tertiary/aromatic N) is 2. The standard InChI is InChI=1S/C12H8ClFN2/c13-12-9(3-1-5-11(12)14)8-16-6-2-4-10(16)7-15/h1-6H,8H2. The molecule has 0 bridgehead atoms. The zero-order chi connectivity index (χ0) is 11.5. The number of benzene rings is 1. The molecule has 0 amide bonds. The summed E-state index contributed by atoms with van der Waals surface area (Å²) in [5.74, 6) is -0.440. The summed E-state index contributed by atoms with van der Waals surface area (Å²) >= 11 is 5.83. The van der Waals surface area contributed by atoms with Crippen LogP contribution in [0.2, 0.25) is 5.02 Å². The highest BCUT2D eigenvalue weighted by atomic mass is 35.5. The van der Waals surface area contributed by atoms with Gasteiger partial charge >= 0.3 is 0 Å². The minimum absolute atomic E-state index is 0.111. The van der Waals surface area contributed by atoms with E-state index >= 15 is 0 Å². The van der Waals surface area contributed by atoms with Gasteiger partial charge in [0.25, 0.3) is 0 Å². The van der Waals surface area contributed by atoms with Crippen molar-refractivity contribution >= 4 is 11.6 Å². The van der Waals surface area contributed by atoms with Crippen LogP contribution in [0.1, 0.15) is 11.3 Å². The lowest BCUT2D eigenvalue weighted by atomic mass is 10.2. The normalized spacial score (nSPS) is 10.1. The lowest BCUT2D eigenvalue weighted by Gasteiger charge is -2.07. The quantitative estimate of drug-likeness (QED) is 0.785. The Morgan fingerprint density at radius 3 is 2.88 bits per heavy atom. The summed E-state index contributed by atoms with van der Waals surface area (Å²) in [7, 11) is 0. The molecule has 0 atom stereocenters. The molecule has 0 unspecified atom stereocenters. The van der Waals surface area contributed by atoms with Crippen molar-refractivity contribution in [2.75, 3.05) is 0 Å². The van der Waals surface area contributed by atoms with Gasteiger partial charge < -0.3 is 4.57 Å². The molecule has 0 spiro atoms. The summed E-state index contributed by atoms with van der Waals surface area (Å²) < 4.78 is 14.9. The SMILES string of the molecule is N#Cc1cccn1Cc1cccc(F)c1Cl. The molecule has 0 aliphatic heterocycles. The molecule has 2 rings (SSSR count). The minimum atomic E-state index is -0.440. The van der Waals surface area contributed by atoms with E-state index in [0.29, 0.717) is 17.8 Å². The van der Waals surface area contributed by atoms with Crippen molar-refractivity contribution in [3.63, 3.8) is 0 Å². The van der Waals surface area contributed by atoms with Gasteiger partial charge in [-0.3, -0.25) is 0 Å². The third-order valence-electron chi connectivity index (χ3n) is 2.32. The average molecular weight is 235 g/mol. The molecule has 16 heavy (non-hydrogen) atoms. The second-order valence-corrected chi connectivity index (χ2v) is 3.72. The molecule has 1 aromatic heterocycles. The number of halogens is 2. The molecular weight excluding hydrogens is 227 g/mol. The highest BCUT2D eigenvalue weighted by Gasteiger charge is 2.07. The van der Waals surface area contributed by atoms with Gasteiger partial charge in [0.1, 0.15) is 17.6 Å². The fraction of sp³-hybridized carbons (Fsp3) is 0.0833. The van der Waals surface area contributed by atoms with Gasteiger partial charge in [-0.05, 0) is 23.8 Å². The van der Waals surface area contributed by atoms with Crippen LogP contribution >= 0.6 is 11.6 Å². The van der Waals surface area contributed by atoms with Crippen LogP contribution in [0, 0.1) is 17.1 Å². The van der Waals surface area contributed by atoms with Gasteiger partial charge in [0, 0.05) is 12.7 Å². The minimum Gasteiger partial charge on any atom is -0.335 e. The van der Waals surface area contributed by atoms with Gasteiger partial charge in [-0.2, -0.15) is 5.26 Å². The Labute approximate surface area is 97.5 Å². The molecule has 4 heteroatoms. The fourth-order valence-electron chi connectivity index (χ4n) is 1.51. The van der Waals surface area contributed by atoms with E-state index in [9.17, 15) is 4.39 Å². The van der Waals surface area contributed by atoms with Crippen LogP contribution in [0.4, 0.5) is 4.39 Å². The molecule has 80 valence electrons. The first-order chi connectivity index (χ1) is 7.72. The van der Waals surface area contributed by atoms with Gasteiger partial charge in [0.15, 0.2) is 0 Å². The number of hydrogen-bond acceptors (Lipinski definition) is 1. The third-order valence-corrected chi connectivity index (χ3v) is 2.74. The lowest BCUT2D eigenvalue weighted by molar-refractivity contribution is 0.624. The summed E-state index contributed by atoms with van der Waals surface area (Å²) in [6, 6.07) is 10.2. The summed E-state index contributed by atoms with van der Waals surface area (Å²) in [6.07, 6.45) is 1.76. The molecule has 0 saturated carbocycles. The molecule has 0 aliphatic rings. The molecule has 0 fully saturated rings. The topological polar surface area (TPSA) is 28.7 Å². The Kier molecular flexibility index (Phi) is 2.93. The summed E-state index contributed by atoms with van der Waals surface area (Å²) in [6.45, 7) is 0.395. The highest BCUT2D eigenvalue weighted by Crippen LogP contribution is 2.21. The second kappa shape index (κ2) is 4.38. The largest absolute Gasteiger partial charge is 0.335 e. The monoisotopic (exact) mass is 234 g/mol. The van der Waals surface area contributed by atoms with E-state index in [-0.39, 0.29) is 5.02 Å². The second-order valence-electron chi connectivity index (χ2n) is 3.35.